The van der Waals surface area contributed by atoms with Crippen LogP contribution in [-0.2, 0) is 25.1 Å². The van der Waals surface area contributed by atoms with Crippen LogP contribution in [0.4, 0.5) is 0 Å². The molecule has 2 heterocycles. The van der Waals surface area contributed by atoms with E-state index < -0.39 is 41.2 Å². The molecule has 4 atom stereocenters. The van der Waals surface area contributed by atoms with E-state index in [1.54, 1.807) is 41.4 Å². The number of aliphatic carboxylic acids is 1. The van der Waals surface area contributed by atoms with Crippen molar-refractivity contribution in [2.75, 3.05) is 12.4 Å². The number of pyridine rings is 1. The van der Waals surface area contributed by atoms with Crippen LogP contribution in [-0.4, -0.2) is 55.6 Å². The van der Waals surface area contributed by atoms with Crippen molar-refractivity contribution < 1.29 is 23.6 Å². The molecule has 2 aromatic rings. The lowest BCUT2D eigenvalue weighted by Crippen LogP contribution is -2.55. The van der Waals surface area contributed by atoms with Gasteiger partial charge in [0, 0.05) is 17.3 Å². The molecular formula is C21H23ClN2O5S. The number of hydrogen-bond donors (Lipinski definition) is 1. The van der Waals surface area contributed by atoms with Crippen LogP contribution < -0.4 is 0 Å². The number of ether oxygens (including phenoxy) is 1. The number of hydrogen-bond acceptors (Lipinski definition) is 5. The van der Waals surface area contributed by atoms with Gasteiger partial charge in [-0.15, -0.1) is 0 Å². The van der Waals surface area contributed by atoms with Gasteiger partial charge >= 0.3 is 5.97 Å². The van der Waals surface area contributed by atoms with Crippen LogP contribution in [0, 0.1) is 0 Å². The highest BCUT2D eigenvalue weighted by Gasteiger charge is 2.41. The fraction of sp³-hybridized carbons (Fsp3) is 0.381. The molecule has 0 radical (unpaired) electrons. The van der Waals surface area contributed by atoms with Crippen molar-refractivity contribution in [1.29, 1.82) is 0 Å². The third kappa shape index (κ3) is 5.24. The Morgan fingerprint density at radius 1 is 1.33 bits per heavy atom. The van der Waals surface area contributed by atoms with Crippen LogP contribution in [0.3, 0.4) is 0 Å². The van der Waals surface area contributed by atoms with Crippen molar-refractivity contribution in [2.45, 2.75) is 43.0 Å². The lowest BCUT2D eigenvalue weighted by atomic mass is 9.99. The molecular weight excluding hydrogens is 428 g/mol. The molecule has 1 fully saturated rings. The Labute approximate surface area is 182 Å². The van der Waals surface area contributed by atoms with E-state index in [9.17, 15) is 13.8 Å². The minimum atomic E-state index is -1.41. The SMILES string of the molecule is CC[C@@H](CS(=O)c1ccccn1)N1C(=O)[C@@H](CC(=O)O)OC[C@H]1c1ccc(Cl)cc1. The minimum absolute atomic E-state index is 0.151. The number of carbonyl (C=O) groups excluding carboxylic acids is 1. The van der Waals surface area contributed by atoms with E-state index in [-0.39, 0.29) is 18.4 Å². The van der Waals surface area contributed by atoms with Crippen LogP contribution in [0.1, 0.15) is 31.4 Å². The molecule has 3 rings (SSSR count). The molecule has 1 aromatic heterocycles. The summed E-state index contributed by atoms with van der Waals surface area (Å²) in [5.41, 5.74) is 0.823. The number of nitrogens with zero attached hydrogens (tertiary/aromatic N) is 2. The van der Waals surface area contributed by atoms with Gasteiger partial charge in [0.2, 0.25) is 0 Å². The summed E-state index contributed by atoms with van der Waals surface area (Å²) in [7, 11) is -1.41. The summed E-state index contributed by atoms with van der Waals surface area (Å²) in [6.45, 7) is 2.06. The Balaban J connectivity index is 1.91. The lowest BCUT2D eigenvalue weighted by Gasteiger charge is -2.43. The molecule has 1 amide bonds. The van der Waals surface area contributed by atoms with E-state index in [1.807, 2.05) is 19.1 Å². The smallest absolute Gasteiger partial charge is 0.306 e. The van der Waals surface area contributed by atoms with Gasteiger partial charge in [-0.1, -0.05) is 36.7 Å². The molecule has 0 aliphatic carbocycles. The van der Waals surface area contributed by atoms with Gasteiger partial charge in [-0.2, -0.15) is 0 Å². The van der Waals surface area contributed by atoms with E-state index in [2.05, 4.69) is 4.98 Å². The second-order valence-corrected chi connectivity index (χ2v) is 8.85. The fourth-order valence-corrected chi connectivity index (χ4v) is 4.95. The Kier molecular flexibility index (Phi) is 7.58. The van der Waals surface area contributed by atoms with Crippen molar-refractivity contribution in [3.8, 4) is 0 Å². The predicted octanol–water partition coefficient (Wildman–Crippen LogP) is 3.06. The Morgan fingerprint density at radius 3 is 2.67 bits per heavy atom. The molecule has 7 nitrogen and oxygen atoms in total. The average Bonchev–Trinajstić information content (AvgIpc) is 2.74. The fourth-order valence-electron chi connectivity index (χ4n) is 3.50. The molecule has 1 N–H and O–H groups in total. The molecule has 1 saturated heterocycles. The number of rotatable bonds is 8. The lowest BCUT2D eigenvalue weighted by molar-refractivity contribution is -0.168. The van der Waals surface area contributed by atoms with Crippen molar-refractivity contribution in [3.63, 3.8) is 0 Å². The van der Waals surface area contributed by atoms with Gasteiger partial charge in [-0.25, -0.2) is 4.98 Å². The van der Waals surface area contributed by atoms with E-state index in [0.29, 0.717) is 16.5 Å². The number of carboxylic acid groups (broad SMARTS) is 1. The molecule has 1 aliphatic rings. The quantitative estimate of drug-likeness (QED) is 0.663. The molecule has 0 bridgehead atoms. The summed E-state index contributed by atoms with van der Waals surface area (Å²) in [6.07, 6.45) is 0.646. The summed E-state index contributed by atoms with van der Waals surface area (Å²) < 4.78 is 18.5. The number of halogens is 1. The first-order chi connectivity index (χ1) is 14.4. The van der Waals surface area contributed by atoms with Gasteiger partial charge in [0.1, 0.15) is 11.1 Å². The highest BCUT2D eigenvalue weighted by Crippen LogP contribution is 2.32. The largest absolute Gasteiger partial charge is 0.481 e. The van der Waals surface area contributed by atoms with Gasteiger partial charge in [0.15, 0.2) is 0 Å². The number of carbonyl (C=O) groups is 2. The maximum Gasteiger partial charge on any atom is 0.306 e. The standard InChI is InChI=1S/C21H23ClN2O5S/c1-2-16(13-30(28)19-5-3-4-10-23-19)24-17(14-6-8-15(22)9-7-14)12-29-18(21(24)27)11-20(25)26/h3-10,16-18H,2,11-13H2,1H3,(H,25,26)/t16-,17-,18+,30?/m0/s1. The third-order valence-corrected chi connectivity index (χ3v) is 6.66. The van der Waals surface area contributed by atoms with Crippen LogP contribution in [0.25, 0.3) is 0 Å². The summed E-state index contributed by atoms with van der Waals surface area (Å²) in [4.78, 5) is 30.2. The number of carboxylic acids is 1. The second-order valence-electron chi connectivity index (χ2n) is 6.97. The minimum Gasteiger partial charge on any atom is -0.481 e. The average molecular weight is 451 g/mol. The maximum absolute atomic E-state index is 13.2. The van der Waals surface area contributed by atoms with Gasteiger partial charge in [-0.3, -0.25) is 13.8 Å². The van der Waals surface area contributed by atoms with E-state index in [4.69, 9.17) is 21.4 Å². The molecule has 0 saturated carbocycles. The Hall–Kier alpha value is -2.29. The van der Waals surface area contributed by atoms with Crippen LogP contribution in [0.15, 0.2) is 53.7 Å². The predicted molar refractivity (Wildman–Crippen MR) is 113 cm³/mol. The summed E-state index contributed by atoms with van der Waals surface area (Å²) in [5, 5.41) is 10.2. The molecule has 1 aromatic carbocycles. The monoisotopic (exact) mass is 450 g/mol. The Morgan fingerprint density at radius 2 is 2.07 bits per heavy atom. The zero-order valence-electron chi connectivity index (χ0n) is 16.4. The van der Waals surface area contributed by atoms with Crippen LogP contribution >= 0.6 is 11.6 Å². The van der Waals surface area contributed by atoms with Crippen LogP contribution in [0.5, 0.6) is 0 Å². The number of amides is 1. The van der Waals surface area contributed by atoms with Gasteiger partial charge in [0.05, 0.1) is 35.6 Å². The van der Waals surface area contributed by atoms with E-state index in [1.165, 1.54) is 0 Å². The molecule has 1 unspecified atom stereocenters. The summed E-state index contributed by atoms with van der Waals surface area (Å²) >= 11 is 6.00. The normalized spacial score (nSPS) is 21.3. The topological polar surface area (TPSA) is 96.8 Å². The van der Waals surface area contributed by atoms with Gasteiger partial charge < -0.3 is 14.7 Å². The van der Waals surface area contributed by atoms with E-state index in [0.717, 1.165) is 5.56 Å². The molecule has 160 valence electrons. The molecule has 1 aliphatic heterocycles. The highest BCUT2D eigenvalue weighted by atomic mass is 35.5. The summed E-state index contributed by atoms with van der Waals surface area (Å²) in [5.74, 6) is -1.32. The number of morpholine rings is 1. The third-order valence-electron chi connectivity index (χ3n) is 5.02. The van der Waals surface area contributed by atoms with Crippen molar-refractivity contribution >= 4 is 34.3 Å². The van der Waals surface area contributed by atoms with Gasteiger partial charge in [-0.05, 0) is 36.2 Å². The van der Waals surface area contributed by atoms with Crippen LogP contribution in [0.2, 0.25) is 5.02 Å². The Bertz CT molecular complexity index is 909. The molecule has 0 spiro atoms. The number of benzene rings is 1. The van der Waals surface area contributed by atoms with Crippen molar-refractivity contribution in [2.24, 2.45) is 0 Å². The first-order valence-corrected chi connectivity index (χ1v) is 11.3. The van der Waals surface area contributed by atoms with Gasteiger partial charge in [0.25, 0.3) is 5.91 Å². The van der Waals surface area contributed by atoms with E-state index >= 15 is 0 Å². The maximum atomic E-state index is 13.2. The summed E-state index contributed by atoms with van der Waals surface area (Å²) in [6, 6.07) is 11.5. The number of aromatic nitrogens is 1. The first-order valence-electron chi connectivity index (χ1n) is 9.61. The van der Waals surface area contributed by atoms with Crippen molar-refractivity contribution in [1.82, 2.24) is 9.88 Å². The first kappa shape index (κ1) is 22.4. The second kappa shape index (κ2) is 10.1. The molecule has 30 heavy (non-hydrogen) atoms. The zero-order valence-corrected chi connectivity index (χ0v) is 18.0. The van der Waals surface area contributed by atoms with Crippen molar-refractivity contribution in [3.05, 3.63) is 59.2 Å². The molecule has 9 heteroatoms. The zero-order chi connectivity index (χ0) is 21.7. The highest BCUT2D eigenvalue weighted by molar-refractivity contribution is 7.85.